The molecule has 0 aliphatic heterocycles. The predicted octanol–water partition coefficient (Wildman–Crippen LogP) is 2.50. The summed E-state index contributed by atoms with van der Waals surface area (Å²) in [6.45, 7) is 2.98. The van der Waals surface area contributed by atoms with E-state index in [2.05, 4.69) is 33.3 Å². The Balaban J connectivity index is 2.37. The predicted molar refractivity (Wildman–Crippen MR) is 71.0 cm³/mol. The monoisotopic (exact) mass is 301 g/mol. The molecule has 2 rings (SSSR count). The van der Waals surface area contributed by atoms with Crippen molar-refractivity contribution in [1.82, 2.24) is 15.1 Å². The lowest BCUT2D eigenvalue weighted by molar-refractivity contribution is -0.100. The molecule has 17 heavy (non-hydrogen) atoms. The molecule has 1 saturated carbocycles. The van der Waals surface area contributed by atoms with Gasteiger partial charge < -0.3 is 10.1 Å². The van der Waals surface area contributed by atoms with Crippen LogP contribution in [0.5, 0.6) is 0 Å². The molecule has 1 N–H and O–H groups in total. The summed E-state index contributed by atoms with van der Waals surface area (Å²) in [7, 11) is 3.80. The normalized spacial score (nSPS) is 20.0. The maximum Gasteiger partial charge on any atom is 0.0888 e. The molecule has 96 valence electrons. The second-order valence-electron chi connectivity index (χ2n) is 4.54. The summed E-state index contributed by atoms with van der Waals surface area (Å²) in [5.41, 5.74) is 1.13. The van der Waals surface area contributed by atoms with Crippen LogP contribution < -0.4 is 5.32 Å². The topological polar surface area (TPSA) is 39.1 Å². The summed E-state index contributed by atoms with van der Waals surface area (Å²) in [4.78, 5) is 0. The number of methoxy groups -OCH3 is 1. The molecule has 1 aliphatic rings. The van der Waals surface area contributed by atoms with Gasteiger partial charge in [0.1, 0.15) is 0 Å². The maximum atomic E-state index is 5.78. The maximum absolute atomic E-state index is 5.78. The molecule has 0 amide bonds. The summed E-state index contributed by atoms with van der Waals surface area (Å²) in [6.07, 6.45) is 5.32. The lowest BCUT2D eigenvalue weighted by Gasteiger charge is -2.46. The first kappa shape index (κ1) is 13.1. The number of nitrogens with one attached hydrogen (secondary N) is 1. The smallest absolute Gasteiger partial charge is 0.0888 e. The molecule has 1 fully saturated rings. The lowest BCUT2D eigenvalue weighted by atomic mass is 9.73. The van der Waals surface area contributed by atoms with E-state index in [9.17, 15) is 0 Å². The van der Waals surface area contributed by atoms with E-state index >= 15 is 0 Å². The van der Waals surface area contributed by atoms with Gasteiger partial charge in [-0.05, 0) is 49.2 Å². The van der Waals surface area contributed by atoms with Crippen LogP contribution >= 0.6 is 15.9 Å². The highest BCUT2D eigenvalue weighted by molar-refractivity contribution is 9.10. The first-order valence-corrected chi connectivity index (χ1v) is 6.91. The molecule has 0 radical (unpaired) electrons. The second kappa shape index (κ2) is 5.08. The largest absolute Gasteiger partial charge is 0.376 e. The van der Waals surface area contributed by atoms with E-state index in [0.717, 1.165) is 23.9 Å². The van der Waals surface area contributed by atoms with Crippen LogP contribution in [0.1, 0.15) is 37.9 Å². The molecule has 5 heteroatoms. The Kier molecular flexibility index (Phi) is 3.90. The standard InChI is InChI=1S/C12H20BrN3O/c1-4-16-10(9(13)8-15-16)11(14-2)12(17-3)6-5-7-12/h8,11,14H,4-7H2,1-3H3. The number of halogens is 1. The minimum Gasteiger partial charge on any atom is -0.376 e. The third-order valence-corrected chi connectivity index (χ3v) is 4.44. The molecule has 0 saturated heterocycles. The number of hydrogen-bond acceptors (Lipinski definition) is 3. The van der Waals surface area contributed by atoms with E-state index in [0.29, 0.717) is 0 Å². The van der Waals surface area contributed by atoms with Crippen molar-refractivity contribution in [2.45, 2.75) is 44.4 Å². The first-order valence-electron chi connectivity index (χ1n) is 6.12. The Morgan fingerprint density at radius 1 is 1.65 bits per heavy atom. The Morgan fingerprint density at radius 3 is 2.76 bits per heavy atom. The van der Waals surface area contributed by atoms with E-state index < -0.39 is 0 Å². The van der Waals surface area contributed by atoms with Crippen molar-refractivity contribution in [3.8, 4) is 0 Å². The van der Waals surface area contributed by atoms with Crippen molar-refractivity contribution in [3.63, 3.8) is 0 Å². The fourth-order valence-corrected chi connectivity index (χ4v) is 3.22. The lowest BCUT2D eigenvalue weighted by Crippen LogP contribution is -2.50. The number of likely N-dealkylation sites (N-methyl/N-ethyl adjacent to an activating group) is 1. The van der Waals surface area contributed by atoms with Crippen molar-refractivity contribution in [2.75, 3.05) is 14.2 Å². The zero-order valence-corrected chi connectivity index (χ0v) is 12.2. The van der Waals surface area contributed by atoms with Crippen LogP contribution in [0.3, 0.4) is 0 Å². The Labute approximate surface area is 111 Å². The van der Waals surface area contributed by atoms with Gasteiger partial charge in [0.15, 0.2) is 0 Å². The van der Waals surface area contributed by atoms with Crippen LogP contribution in [0.4, 0.5) is 0 Å². The molecule has 4 nitrogen and oxygen atoms in total. The quantitative estimate of drug-likeness (QED) is 0.908. The van der Waals surface area contributed by atoms with Crippen LogP contribution in [-0.4, -0.2) is 29.5 Å². The van der Waals surface area contributed by atoms with Crippen molar-refractivity contribution in [3.05, 3.63) is 16.4 Å². The average Bonchev–Trinajstić information content (AvgIpc) is 2.65. The van der Waals surface area contributed by atoms with Crippen LogP contribution in [0.15, 0.2) is 10.7 Å². The van der Waals surface area contributed by atoms with Crippen molar-refractivity contribution < 1.29 is 4.74 Å². The molecule has 1 aromatic heterocycles. The molecule has 1 unspecified atom stereocenters. The minimum atomic E-state index is -0.0653. The summed E-state index contributed by atoms with van der Waals surface area (Å²) in [5.74, 6) is 0. The van der Waals surface area contributed by atoms with Crippen LogP contribution in [0.25, 0.3) is 0 Å². The molecule has 1 aliphatic carbocycles. The fourth-order valence-electron chi connectivity index (χ4n) is 2.70. The van der Waals surface area contributed by atoms with Crippen LogP contribution in [0, 0.1) is 0 Å². The zero-order valence-electron chi connectivity index (χ0n) is 10.7. The number of rotatable bonds is 5. The fraction of sp³-hybridized carbons (Fsp3) is 0.750. The Bertz CT molecular complexity index is 382. The van der Waals surface area contributed by atoms with Gasteiger partial charge in [0.05, 0.1) is 28.0 Å². The molecule has 1 aromatic rings. The van der Waals surface area contributed by atoms with E-state index in [4.69, 9.17) is 4.74 Å². The highest BCUT2D eigenvalue weighted by Crippen LogP contribution is 2.46. The van der Waals surface area contributed by atoms with Gasteiger partial charge in [-0.25, -0.2) is 0 Å². The highest BCUT2D eigenvalue weighted by atomic mass is 79.9. The van der Waals surface area contributed by atoms with Gasteiger partial charge in [-0.3, -0.25) is 4.68 Å². The van der Waals surface area contributed by atoms with Gasteiger partial charge in [-0.2, -0.15) is 5.10 Å². The van der Waals surface area contributed by atoms with Crippen LogP contribution in [0.2, 0.25) is 0 Å². The molecular weight excluding hydrogens is 282 g/mol. The average molecular weight is 302 g/mol. The summed E-state index contributed by atoms with van der Waals surface area (Å²) < 4.78 is 8.87. The van der Waals surface area contributed by atoms with Gasteiger partial charge in [0, 0.05) is 13.7 Å². The number of aromatic nitrogens is 2. The van der Waals surface area contributed by atoms with E-state index in [1.165, 1.54) is 12.1 Å². The Hall–Kier alpha value is -0.390. The van der Waals surface area contributed by atoms with E-state index in [1.54, 1.807) is 0 Å². The number of aryl methyl sites for hydroxylation is 1. The van der Waals surface area contributed by atoms with Gasteiger partial charge in [0.2, 0.25) is 0 Å². The summed E-state index contributed by atoms with van der Waals surface area (Å²) in [6, 6.07) is 0.193. The van der Waals surface area contributed by atoms with Crippen molar-refractivity contribution in [1.29, 1.82) is 0 Å². The van der Waals surface area contributed by atoms with Crippen LogP contribution in [-0.2, 0) is 11.3 Å². The van der Waals surface area contributed by atoms with Gasteiger partial charge >= 0.3 is 0 Å². The summed E-state index contributed by atoms with van der Waals surface area (Å²) in [5, 5.41) is 7.78. The van der Waals surface area contributed by atoms with Gasteiger partial charge in [-0.1, -0.05) is 0 Å². The molecule has 0 spiro atoms. The van der Waals surface area contributed by atoms with Gasteiger partial charge in [-0.15, -0.1) is 0 Å². The number of hydrogen-bond donors (Lipinski definition) is 1. The molecule has 1 heterocycles. The molecule has 1 atom stereocenters. The first-order chi connectivity index (χ1) is 8.18. The number of ether oxygens (including phenoxy) is 1. The summed E-state index contributed by atoms with van der Waals surface area (Å²) >= 11 is 3.60. The SMILES string of the molecule is CCn1ncc(Br)c1C(NC)C1(OC)CCC1. The third-order valence-electron chi connectivity index (χ3n) is 3.83. The third kappa shape index (κ3) is 2.04. The van der Waals surface area contributed by atoms with Gasteiger partial charge in [0.25, 0.3) is 0 Å². The zero-order chi connectivity index (χ0) is 12.5. The molecule has 0 bridgehead atoms. The van der Waals surface area contributed by atoms with Crippen molar-refractivity contribution in [2.24, 2.45) is 0 Å². The second-order valence-corrected chi connectivity index (χ2v) is 5.39. The van der Waals surface area contributed by atoms with Crippen molar-refractivity contribution >= 4 is 15.9 Å². The minimum absolute atomic E-state index is 0.0653. The van der Waals surface area contributed by atoms with E-state index in [1.807, 2.05) is 25.0 Å². The molecular formula is C12H20BrN3O. The highest BCUT2D eigenvalue weighted by Gasteiger charge is 2.46. The Morgan fingerprint density at radius 2 is 2.35 bits per heavy atom. The number of nitrogens with zero attached hydrogens (tertiary/aromatic N) is 2. The molecule has 0 aromatic carbocycles. The van der Waals surface area contributed by atoms with E-state index in [-0.39, 0.29) is 11.6 Å².